The van der Waals surface area contributed by atoms with Gasteiger partial charge in [0.05, 0.1) is 12.1 Å². The molecule has 2 aromatic rings. The van der Waals surface area contributed by atoms with Gasteiger partial charge in [-0.3, -0.25) is 9.89 Å². The van der Waals surface area contributed by atoms with E-state index in [0.29, 0.717) is 16.3 Å². The molecule has 0 atom stereocenters. The lowest BCUT2D eigenvalue weighted by Gasteiger charge is -2.01. The fraction of sp³-hybridized carbons (Fsp3) is 0.167. The third kappa shape index (κ3) is 2.47. The van der Waals surface area contributed by atoms with Gasteiger partial charge in [-0.2, -0.15) is 5.10 Å². The average molecular weight is 251 g/mol. The summed E-state index contributed by atoms with van der Waals surface area (Å²) in [6, 6.07) is 7.16. The van der Waals surface area contributed by atoms with E-state index in [1.807, 2.05) is 19.1 Å². The molecule has 0 aliphatic rings. The number of carbonyl (C=O) groups is 1. The molecule has 1 aromatic carbocycles. The number of aliphatic carboxylic acids is 1. The molecule has 0 radical (unpaired) electrons. The second-order valence-corrected chi connectivity index (χ2v) is 4.19. The Morgan fingerprint density at radius 3 is 2.65 bits per heavy atom. The lowest BCUT2D eigenvalue weighted by molar-refractivity contribution is -0.136. The number of nitrogens with one attached hydrogen (secondary N) is 1. The van der Waals surface area contributed by atoms with Crippen LogP contribution in [0.5, 0.6) is 0 Å². The molecule has 5 heteroatoms. The van der Waals surface area contributed by atoms with E-state index in [1.54, 1.807) is 12.1 Å². The standard InChI is InChI=1S/C12H11ClN2O2/c1-7-10(6-11(16)17)12(15-14-7)8-2-4-9(13)5-3-8/h2-5H,6H2,1H3,(H,14,15)(H,16,17). The maximum absolute atomic E-state index is 10.8. The number of hydrogen-bond acceptors (Lipinski definition) is 2. The highest BCUT2D eigenvalue weighted by Gasteiger charge is 2.14. The number of benzene rings is 1. The van der Waals surface area contributed by atoms with Crippen LogP contribution < -0.4 is 0 Å². The van der Waals surface area contributed by atoms with Gasteiger partial charge < -0.3 is 5.11 Å². The van der Waals surface area contributed by atoms with Crippen LogP contribution in [0.15, 0.2) is 24.3 Å². The fourth-order valence-corrected chi connectivity index (χ4v) is 1.79. The van der Waals surface area contributed by atoms with Crippen molar-refractivity contribution in [2.45, 2.75) is 13.3 Å². The number of aryl methyl sites for hydroxylation is 1. The smallest absolute Gasteiger partial charge is 0.307 e. The third-order valence-corrected chi connectivity index (χ3v) is 2.77. The van der Waals surface area contributed by atoms with Gasteiger partial charge in [0, 0.05) is 21.8 Å². The van der Waals surface area contributed by atoms with Crippen molar-refractivity contribution in [2.75, 3.05) is 0 Å². The van der Waals surface area contributed by atoms with Crippen molar-refractivity contribution in [2.24, 2.45) is 0 Å². The number of rotatable bonds is 3. The molecule has 1 heterocycles. The SMILES string of the molecule is Cc1[nH]nc(-c2ccc(Cl)cc2)c1CC(=O)O. The van der Waals surface area contributed by atoms with Crippen molar-refractivity contribution in [1.82, 2.24) is 10.2 Å². The highest BCUT2D eigenvalue weighted by atomic mass is 35.5. The zero-order valence-electron chi connectivity index (χ0n) is 9.20. The Balaban J connectivity index is 2.45. The lowest BCUT2D eigenvalue weighted by Crippen LogP contribution is -2.01. The number of carboxylic acid groups (broad SMARTS) is 1. The lowest BCUT2D eigenvalue weighted by atomic mass is 10.0. The molecule has 0 saturated carbocycles. The second-order valence-electron chi connectivity index (χ2n) is 3.75. The largest absolute Gasteiger partial charge is 0.481 e. The topological polar surface area (TPSA) is 66.0 Å². The van der Waals surface area contributed by atoms with E-state index < -0.39 is 5.97 Å². The van der Waals surface area contributed by atoms with E-state index in [-0.39, 0.29) is 6.42 Å². The highest BCUT2D eigenvalue weighted by molar-refractivity contribution is 6.30. The number of H-pyrrole nitrogens is 1. The monoisotopic (exact) mass is 250 g/mol. The average Bonchev–Trinajstić information content (AvgIpc) is 2.61. The molecule has 17 heavy (non-hydrogen) atoms. The van der Waals surface area contributed by atoms with Gasteiger partial charge in [-0.1, -0.05) is 23.7 Å². The van der Waals surface area contributed by atoms with Crippen molar-refractivity contribution >= 4 is 17.6 Å². The summed E-state index contributed by atoms with van der Waals surface area (Å²) in [6.45, 7) is 1.81. The molecular formula is C12H11ClN2O2. The molecular weight excluding hydrogens is 240 g/mol. The van der Waals surface area contributed by atoms with Crippen LogP contribution in [-0.4, -0.2) is 21.3 Å². The molecule has 0 bridgehead atoms. The summed E-state index contributed by atoms with van der Waals surface area (Å²) < 4.78 is 0. The van der Waals surface area contributed by atoms with Gasteiger partial charge in [0.1, 0.15) is 0 Å². The maximum Gasteiger partial charge on any atom is 0.307 e. The first-order chi connectivity index (χ1) is 8.08. The van der Waals surface area contributed by atoms with Crippen LogP contribution in [0.1, 0.15) is 11.3 Å². The summed E-state index contributed by atoms with van der Waals surface area (Å²) in [4.78, 5) is 10.8. The Labute approximate surface area is 103 Å². The van der Waals surface area contributed by atoms with Crippen molar-refractivity contribution in [3.63, 3.8) is 0 Å². The molecule has 0 amide bonds. The van der Waals surface area contributed by atoms with Crippen LogP contribution in [0, 0.1) is 6.92 Å². The van der Waals surface area contributed by atoms with Gasteiger partial charge in [-0.05, 0) is 19.1 Å². The molecule has 0 aliphatic carbocycles. The quantitative estimate of drug-likeness (QED) is 0.880. The minimum absolute atomic E-state index is 0.0414. The number of carboxylic acids is 1. The Morgan fingerprint density at radius 1 is 1.41 bits per heavy atom. The Hall–Kier alpha value is -1.81. The van der Waals surface area contributed by atoms with Crippen LogP contribution in [-0.2, 0) is 11.2 Å². The molecule has 1 aromatic heterocycles. The number of nitrogens with zero attached hydrogens (tertiary/aromatic N) is 1. The molecule has 2 rings (SSSR count). The molecule has 0 aliphatic heterocycles. The fourth-order valence-electron chi connectivity index (χ4n) is 1.67. The van der Waals surface area contributed by atoms with Crippen LogP contribution >= 0.6 is 11.6 Å². The first kappa shape index (κ1) is 11.7. The summed E-state index contributed by atoms with van der Waals surface area (Å²) in [5, 5.41) is 16.4. The zero-order valence-corrected chi connectivity index (χ0v) is 9.95. The van der Waals surface area contributed by atoms with Crippen molar-refractivity contribution in [1.29, 1.82) is 0 Å². The first-order valence-electron chi connectivity index (χ1n) is 5.09. The number of aromatic amines is 1. The third-order valence-electron chi connectivity index (χ3n) is 2.52. The molecule has 0 saturated heterocycles. The van der Waals surface area contributed by atoms with Crippen LogP contribution in [0.3, 0.4) is 0 Å². The summed E-state index contributed by atoms with van der Waals surface area (Å²) in [7, 11) is 0. The first-order valence-corrected chi connectivity index (χ1v) is 5.47. The highest BCUT2D eigenvalue weighted by Crippen LogP contribution is 2.25. The molecule has 0 fully saturated rings. The van der Waals surface area contributed by atoms with E-state index in [9.17, 15) is 4.79 Å². The Bertz CT molecular complexity index is 546. The minimum atomic E-state index is -0.871. The summed E-state index contributed by atoms with van der Waals surface area (Å²) in [5.74, 6) is -0.871. The van der Waals surface area contributed by atoms with E-state index in [1.165, 1.54) is 0 Å². The number of hydrogen-bond donors (Lipinski definition) is 2. The zero-order chi connectivity index (χ0) is 12.4. The maximum atomic E-state index is 10.8. The molecule has 88 valence electrons. The number of halogens is 1. The number of aromatic nitrogens is 2. The second kappa shape index (κ2) is 4.59. The Kier molecular flexibility index (Phi) is 3.15. The predicted octanol–water partition coefficient (Wildman–Crippen LogP) is 2.67. The van der Waals surface area contributed by atoms with Gasteiger partial charge >= 0.3 is 5.97 Å². The van der Waals surface area contributed by atoms with Gasteiger partial charge in [0.25, 0.3) is 0 Å². The summed E-state index contributed by atoms with van der Waals surface area (Å²) in [5.41, 5.74) is 3.01. The van der Waals surface area contributed by atoms with Crippen molar-refractivity contribution in [3.05, 3.63) is 40.5 Å². The van der Waals surface area contributed by atoms with Crippen molar-refractivity contribution in [3.8, 4) is 11.3 Å². The van der Waals surface area contributed by atoms with E-state index >= 15 is 0 Å². The normalized spacial score (nSPS) is 10.5. The van der Waals surface area contributed by atoms with Crippen molar-refractivity contribution < 1.29 is 9.90 Å². The summed E-state index contributed by atoms with van der Waals surface area (Å²) >= 11 is 5.81. The molecule has 0 spiro atoms. The van der Waals surface area contributed by atoms with Crippen LogP contribution in [0.4, 0.5) is 0 Å². The molecule has 2 N–H and O–H groups in total. The molecule has 0 unspecified atom stereocenters. The Morgan fingerprint density at radius 2 is 2.06 bits per heavy atom. The van der Waals surface area contributed by atoms with Gasteiger partial charge in [-0.15, -0.1) is 0 Å². The minimum Gasteiger partial charge on any atom is -0.481 e. The van der Waals surface area contributed by atoms with E-state index in [2.05, 4.69) is 10.2 Å². The van der Waals surface area contributed by atoms with Gasteiger partial charge in [-0.25, -0.2) is 0 Å². The van der Waals surface area contributed by atoms with Crippen LogP contribution in [0.25, 0.3) is 11.3 Å². The van der Waals surface area contributed by atoms with Gasteiger partial charge in [0.15, 0.2) is 0 Å². The van der Waals surface area contributed by atoms with Crippen LogP contribution in [0.2, 0.25) is 5.02 Å². The molecule has 4 nitrogen and oxygen atoms in total. The van der Waals surface area contributed by atoms with E-state index in [4.69, 9.17) is 16.7 Å². The van der Waals surface area contributed by atoms with Gasteiger partial charge in [0.2, 0.25) is 0 Å². The predicted molar refractivity (Wildman–Crippen MR) is 65.1 cm³/mol. The van der Waals surface area contributed by atoms with E-state index in [0.717, 1.165) is 11.3 Å². The summed E-state index contributed by atoms with van der Waals surface area (Å²) in [6.07, 6.45) is -0.0414.